The van der Waals surface area contributed by atoms with E-state index in [1.54, 1.807) is 19.2 Å². The highest BCUT2D eigenvalue weighted by molar-refractivity contribution is 5.65. The van der Waals surface area contributed by atoms with Gasteiger partial charge in [-0.2, -0.15) is 13.2 Å². The van der Waals surface area contributed by atoms with Crippen LogP contribution in [0.4, 0.5) is 18.9 Å². The Morgan fingerprint density at radius 1 is 0.979 bits per heavy atom. The highest BCUT2D eigenvalue weighted by Crippen LogP contribution is 2.78. The zero-order valence-corrected chi connectivity index (χ0v) is 27.4. The van der Waals surface area contributed by atoms with Gasteiger partial charge in [0, 0.05) is 61.3 Å². The third-order valence-corrected chi connectivity index (χ3v) is 13.3. The topological polar surface area (TPSA) is 34.2 Å². The molecular weight excluding hydrogens is 601 g/mol. The van der Waals surface area contributed by atoms with Gasteiger partial charge in [-0.25, -0.2) is 0 Å². The van der Waals surface area contributed by atoms with Gasteiger partial charge in [-0.1, -0.05) is 36.4 Å². The fourth-order valence-corrected chi connectivity index (χ4v) is 11.2. The summed E-state index contributed by atoms with van der Waals surface area (Å²) in [4.78, 5) is 5.04. The summed E-state index contributed by atoms with van der Waals surface area (Å²) in [5.41, 5.74) is 4.76. The van der Waals surface area contributed by atoms with Crippen molar-refractivity contribution in [1.82, 2.24) is 4.90 Å². The third kappa shape index (κ3) is 3.97. The standard InChI is InChI=1S/C39H43F3N2O3/c1-43(22-24-10-13-27(14-11-24)39(40,41)42)30-7-5-4-6-28(30)29-21-36-16-17-38(29,46-3)35-37(36)18-19-44(23-25-8-9-25)32(36)20-26-12-15-31(45-2)34(47-35)33(26)37/h4-7,10-15,25,29,32,35H,8-9,16-23H2,1-3H3/t29-,32-,35-,36-,37+,38-/m1/s1. The number of rotatable bonds is 8. The quantitative estimate of drug-likeness (QED) is 0.251. The first kappa shape index (κ1) is 29.9. The average molecular weight is 645 g/mol. The molecule has 2 spiro atoms. The zero-order valence-electron chi connectivity index (χ0n) is 27.4. The smallest absolute Gasteiger partial charge is 0.416 e. The molecule has 3 aromatic carbocycles. The molecule has 10 rings (SSSR count). The Kier molecular flexibility index (Phi) is 6.45. The Morgan fingerprint density at radius 2 is 1.77 bits per heavy atom. The number of benzene rings is 3. The van der Waals surface area contributed by atoms with Crippen molar-refractivity contribution in [3.8, 4) is 11.5 Å². The second-order valence-corrected chi connectivity index (χ2v) is 15.2. The fraction of sp³-hybridized carbons (Fsp3) is 0.538. The Morgan fingerprint density at radius 3 is 2.49 bits per heavy atom. The first-order valence-corrected chi connectivity index (χ1v) is 17.3. The van der Waals surface area contributed by atoms with Crippen molar-refractivity contribution in [3.05, 3.63) is 88.5 Å². The van der Waals surface area contributed by atoms with Crippen LogP contribution in [0.3, 0.4) is 0 Å². The molecule has 5 nitrogen and oxygen atoms in total. The van der Waals surface area contributed by atoms with Gasteiger partial charge in [0.2, 0.25) is 0 Å². The molecule has 5 aliphatic carbocycles. The molecule has 7 aliphatic rings. The highest BCUT2D eigenvalue weighted by atomic mass is 19.4. The molecule has 3 aromatic rings. The van der Waals surface area contributed by atoms with Crippen LogP contribution in [-0.2, 0) is 29.3 Å². The SMILES string of the molecule is COc1ccc2c3c1O[C@H]1[C@@]4(OC)CC[C@@]5(C[C@@H]4c4ccccc4N(C)Cc4ccc(C(F)(F)F)cc4)[C@@H](C2)N(CC2CC2)CC[C@]315. The predicted octanol–water partition coefficient (Wildman–Crippen LogP) is 7.74. The summed E-state index contributed by atoms with van der Waals surface area (Å²) in [7, 11) is 5.67. The van der Waals surface area contributed by atoms with Crippen molar-refractivity contribution in [1.29, 1.82) is 0 Å². The van der Waals surface area contributed by atoms with Gasteiger partial charge in [0.25, 0.3) is 0 Å². The normalized spacial score (nSPS) is 33.4. The lowest BCUT2D eigenvalue weighted by atomic mass is 9.34. The van der Waals surface area contributed by atoms with Crippen molar-refractivity contribution in [2.45, 2.75) is 86.7 Å². The number of halogens is 3. The van der Waals surface area contributed by atoms with Gasteiger partial charge in [-0.05, 0) is 98.4 Å². The Labute approximate surface area is 275 Å². The number of hydrogen-bond acceptors (Lipinski definition) is 5. The molecule has 2 aliphatic heterocycles. The number of methoxy groups -OCH3 is 2. The molecule has 6 atom stereocenters. The van der Waals surface area contributed by atoms with E-state index in [1.807, 2.05) is 14.2 Å². The number of fused-ring (bicyclic) bond motifs is 2. The van der Waals surface area contributed by atoms with Crippen LogP contribution in [0.1, 0.15) is 72.3 Å². The number of piperidine rings is 1. The van der Waals surface area contributed by atoms with E-state index >= 15 is 0 Å². The third-order valence-electron chi connectivity index (χ3n) is 13.3. The Hall–Kier alpha value is -3.23. The number of ether oxygens (including phenoxy) is 3. The molecular formula is C39H43F3N2O3. The second-order valence-electron chi connectivity index (χ2n) is 15.2. The number of anilines is 1. The first-order valence-electron chi connectivity index (χ1n) is 17.3. The molecule has 5 fully saturated rings. The molecule has 2 heterocycles. The lowest BCUT2D eigenvalue weighted by Crippen LogP contribution is -2.80. The predicted molar refractivity (Wildman–Crippen MR) is 174 cm³/mol. The number of alkyl halides is 3. The van der Waals surface area contributed by atoms with Crippen LogP contribution in [0.15, 0.2) is 60.7 Å². The monoisotopic (exact) mass is 644 g/mol. The van der Waals surface area contributed by atoms with Gasteiger partial charge in [0.1, 0.15) is 11.7 Å². The minimum Gasteiger partial charge on any atom is -0.493 e. The van der Waals surface area contributed by atoms with Gasteiger partial charge in [0.15, 0.2) is 11.5 Å². The van der Waals surface area contributed by atoms with Gasteiger partial charge >= 0.3 is 6.18 Å². The largest absolute Gasteiger partial charge is 0.493 e. The van der Waals surface area contributed by atoms with E-state index in [-0.39, 0.29) is 22.9 Å². The van der Waals surface area contributed by atoms with E-state index < -0.39 is 17.3 Å². The van der Waals surface area contributed by atoms with Crippen molar-refractivity contribution >= 4 is 5.69 Å². The van der Waals surface area contributed by atoms with Crippen LogP contribution < -0.4 is 14.4 Å². The summed E-state index contributed by atoms with van der Waals surface area (Å²) in [5, 5.41) is 0. The summed E-state index contributed by atoms with van der Waals surface area (Å²) < 4.78 is 59.9. The minimum absolute atomic E-state index is 0.0411. The summed E-state index contributed by atoms with van der Waals surface area (Å²) >= 11 is 0. The molecule has 0 aromatic heterocycles. The lowest BCUT2D eigenvalue weighted by Gasteiger charge is -2.74. The van der Waals surface area contributed by atoms with Crippen LogP contribution in [0.25, 0.3) is 0 Å². The molecule has 47 heavy (non-hydrogen) atoms. The van der Waals surface area contributed by atoms with Crippen molar-refractivity contribution < 1.29 is 27.4 Å². The number of hydrogen-bond donors (Lipinski definition) is 0. The zero-order chi connectivity index (χ0) is 32.3. The van der Waals surface area contributed by atoms with Crippen LogP contribution in [0.2, 0.25) is 0 Å². The number of para-hydroxylation sites is 1. The summed E-state index contributed by atoms with van der Waals surface area (Å²) in [6, 6.07) is 19.0. The summed E-state index contributed by atoms with van der Waals surface area (Å²) in [6.07, 6.45) is 3.39. The minimum atomic E-state index is -4.35. The Bertz CT molecular complexity index is 1720. The van der Waals surface area contributed by atoms with E-state index in [0.29, 0.717) is 12.6 Å². The average Bonchev–Trinajstić information content (AvgIpc) is 3.82. The van der Waals surface area contributed by atoms with Crippen molar-refractivity contribution in [2.24, 2.45) is 11.3 Å². The summed E-state index contributed by atoms with van der Waals surface area (Å²) in [5.74, 6) is 2.67. The Balaban J connectivity index is 1.15. The number of nitrogens with zero attached hydrogens (tertiary/aromatic N) is 2. The molecule has 4 saturated carbocycles. The maximum Gasteiger partial charge on any atom is 0.416 e. The van der Waals surface area contributed by atoms with Crippen LogP contribution >= 0.6 is 0 Å². The van der Waals surface area contributed by atoms with Gasteiger partial charge < -0.3 is 19.1 Å². The molecule has 0 amide bonds. The summed E-state index contributed by atoms with van der Waals surface area (Å²) in [6.45, 7) is 2.79. The van der Waals surface area contributed by atoms with E-state index in [0.717, 1.165) is 67.3 Å². The van der Waals surface area contributed by atoms with Gasteiger partial charge in [-0.3, -0.25) is 4.90 Å². The van der Waals surface area contributed by atoms with Crippen molar-refractivity contribution in [3.63, 3.8) is 0 Å². The van der Waals surface area contributed by atoms with E-state index in [4.69, 9.17) is 14.2 Å². The number of likely N-dealkylation sites (tertiary alicyclic amines) is 1. The van der Waals surface area contributed by atoms with Gasteiger partial charge in [0.05, 0.1) is 12.7 Å². The molecule has 248 valence electrons. The molecule has 0 unspecified atom stereocenters. The first-order chi connectivity index (χ1) is 22.6. The highest BCUT2D eigenvalue weighted by Gasteiger charge is 2.81. The van der Waals surface area contributed by atoms with Gasteiger partial charge in [-0.15, -0.1) is 0 Å². The molecule has 1 saturated heterocycles. The van der Waals surface area contributed by atoms with Crippen LogP contribution in [0, 0.1) is 11.3 Å². The fourth-order valence-electron chi connectivity index (χ4n) is 11.2. The molecule has 0 radical (unpaired) electrons. The van der Waals surface area contributed by atoms with Crippen LogP contribution in [0.5, 0.6) is 11.5 Å². The second kappa shape index (κ2) is 10.1. The lowest BCUT2D eigenvalue weighted by molar-refractivity contribution is -0.261. The van der Waals surface area contributed by atoms with Crippen molar-refractivity contribution in [2.75, 3.05) is 39.3 Å². The maximum atomic E-state index is 13.3. The molecule has 0 N–H and O–H groups in total. The van der Waals surface area contributed by atoms with E-state index in [9.17, 15) is 13.2 Å². The molecule has 4 bridgehead atoms. The van der Waals surface area contributed by atoms with E-state index in [1.165, 1.54) is 48.2 Å². The molecule has 8 heteroatoms. The van der Waals surface area contributed by atoms with E-state index in [2.05, 4.69) is 46.2 Å². The maximum absolute atomic E-state index is 13.3. The van der Waals surface area contributed by atoms with Crippen LogP contribution in [-0.4, -0.2) is 57.0 Å².